The number of hydrogen-bond acceptors (Lipinski definition) is 4. The van der Waals surface area contributed by atoms with Gasteiger partial charge in [0.1, 0.15) is 0 Å². The first-order valence-corrected chi connectivity index (χ1v) is 7.19. The highest BCUT2D eigenvalue weighted by atomic mass is 16.5. The maximum Gasteiger partial charge on any atom is 0.0593 e. The number of rotatable bonds is 8. The van der Waals surface area contributed by atoms with E-state index in [1.165, 1.54) is 0 Å². The Balaban J connectivity index is 2.20. The molecule has 1 N–H and O–H groups in total. The van der Waals surface area contributed by atoms with Gasteiger partial charge >= 0.3 is 0 Å². The fourth-order valence-electron chi connectivity index (χ4n) is 2.51. The third-order valence-corrected chi connectivity index (χ3v) is 3.58. The van der Waals surface area contributed by atoms with Crippen LogP contribution in [-0.4, -0.2) is 63.5 Å². The Morgan fingerprint density at radius 1 is 1.28 bits per heavy atom. The van der Waals surface area contributed by atoms with Gasteiger partial charge in [0.25, 0.3) is 0 Å². The second kappa shape index (κ2) is 8.86. The van der Waals surface area contributed by atoms with E-state index in [9.17, 15) is 0 Å². The average molecular weight is 258 g/mol. The first-order valence-electron chi connectivity index (χ1n) is 7.19. The minimum Gasteiger partial charge on any atom is -0.385 e. The number of piperazine rings is 1. The van der Waals surface area contributed by atoms with Crippen LogP contribution in [0.5, 0.6) is 0 Å². The fraction of sp³-hybridized carbons (Fsp3) is 1.00. The maximum absolute atomic E-state index is 5.66. The summed E-state index contributed by atoms with van der Waals surface area (Å²) in [7, 11) is 1.73. The molecule has 1 heterocycles. The molecule has 0 amide bonds. The van der Waals surface area contributed by atoms with Gasteiger partial charge in [-0.05, 0) is 19.3 Å². The second-order valence-corrected chi connectivity index (χ2v) is 5.57. The maximum atomic E-state index is 5.66. The standard InChI is InChI=1S/C14H30N2O2/c1-12(2)14-10-15-13(3)11-16(14)6-9-18-8-5-7-17-4/h12-15H,5-11H2,1-4H3. The van der Waals surface area contributed by atoms with Crippen LogP contribution in [0.15, 0.2) is 0 Å². The molecule has 0 radical (unpaired) electrons. The lowest BCUT2D eigenvalue weighted by Gasteiger charge is -2.41. The smallest absolute Gasteiger partial charge is 0.0593 e. The Kier molecular flexibility index (Phi) is 7.82. The van der Waals surface area contributed by atoms with E-state index in [1.807, 2.05) is 0 Å². The number of nitrogens with zero attached hydrogens (tertiary/aromatic N) is 1. The summed E-state index contributed by atoms with van der Waals surface area (Å²) >= 11 is 0. The molecule has 2 atom stereocenters. The van der Waals surface area contributed by atoms with Crippen LogP contribution in [0.2, 0.25) is 0 Å². The van der Waals surface area contributed by atoms with Crippen LogP contribution >= 0.6 is 0 Å². The molecule has 0 saturated carbocycles. The summed E-state index contributed by atoms with van der Waals surface area (Å²) in [5, 5.41) is 3.56. The number of hydrogen-bond donors (Lipinski definition) is 1. The van der Waals surface area contributed by atoms with E-state index in [0.717, 1.165) is 45.9 Å². The number of ether oxygens (including phenoxy) is 2. The molecule has 0 aromatic carbocycles. The molecule has 0 aromatic heterocycles. The normalized spacial score (nSPS) is 25.8. The van der Waals surface area contributed by atoms with Crippen LogP contribution in [0, 0.1) is 5.92 Å². The van der Waals surface area contributed by atoms with Gasteiger partial charge in [-0.3, -0.25) is 4.90 Å². The van der Waals surface area contributed by atoms with E-state index in [-0.39, 0.29) is 0 Å². The summed E-state index contributed by atoms with van der Waals surface area (Å²) in [6, 6.07) is 1.23. The van der Waals surface area contributed by atoms with Gasteiger partial charge in [0.2, 0.25) is 0 Å². The molecule has 4 heteroatoms. The largest absolute Gasteiger partial charge is 0.385 e. The van der Waals surface area contributed by atoms with E-state index in [0.29, 0.717) is 18.0 Å². The highest BCUT2D eigenvalue weighted by Crippen LogP contribution is 2.14. The van der Waals surface area contributed by atoms with Gasteiger partial charge in [0.15, 0.2) is 0 Å². The van der Waals surface area contributed by atoms with Gasteiger partial charge in [0, 0.05) is 52.0 Å². The zero-order chi connectivity index (χ0) is 13.4. The molecule has 108 valence electrons. The topological polar surface area (TPSA) is 33.7 Å². The summed E-state index contributed by atoms with van der Waals surface area (Å²) < 4.78 is 10.7. The van der Waals surface area contributed by atoms with Crippen molar-refractivity contribution in [3.63, 3.8) is 0 Å². The molecule has 0 bridgehead atoms. The lowest BCUT2D eigenvalue weighted by atomic mass is 9.99. The third-order valence-electron chi connectivity index (χ3n) is 3.58. The minimum absolute atomic E-state index is 0.591. The lowest BCUT2D eigenvalue weighted by molar-refractivity contribution is 0.0460. The van der Waals surface area contributed by atoms with E-state index in [4.69, 9.17) is 9.47 Å². The molecule has 1 aliphatic rings. The Labute approximate surface area is 112 Å². The van der Waals surface area contributed by atoms with Crippen molar-refractivity contribution in [2.45, 2.75) is 39.3 Å². The quantitative estimate of drug-likeness (QED) is 0.667. The van der Waals surface area contributed by atoms with Crippen molar-refractivity contribution in [2.24, 2.45) is 5.92 Å². The van der Waals surface area contributed by atoms with Crippen LogP contribution in [-0.2, 0) is 9.47 Å². The summed E-state index contributed by atoms with van der Waals surface area (Å²) in [5.74, 6) is 0.693. The van der Waals surface area contributed by atoms with Gasteiger partial charge in [0.05, 0.1) is 6.61 Å². The highest BCUT2D eigenvalue weighted by Gasteiger charge is 2.27. The molecule has 0 aromatic rings. The number of nitrogens with one attached hydrogen (secondary N) is 1. The average Bonchev–Trinajstić information content (AvgIpc) is 2.33. The third kappa shape index (κ3) is 5.65. The van der Waals surface area contributed by atoms with E-state index < -0.39 is 0 Å². The molecular formula is C14H30N2O2. The molecule has 1 rings (SSSR count). The van der Waals surface area contributed by atoms with E-state index >= 15 is 0 Å². The molecule has 2 unspecified atom stereocenters. The molecule has 0 spiro atoms. The Bertz CT molecular complexity index is 212. The van der Waals surface area contributed by atoms with Crippen LogP contribution in [0.4, 0.5) is 0 Å². The summed E-state index contributed by atoms with van der Waals surface area (Å²) in [5.41, 5.74) is 0. The van der Waals surface area contributed by atoms with Crippen molar-refractivity contribution >= 4 is 0 Å². The van der Waals surface area contributed by atoms with Crippen LogP contribution in [0.25, 0.3) is 0 Å². The Hall–Kier alpha value is -0.160. The van der Waals surface area contributed by atoms with Crippen molar-refractivity contribution in [3.8, 4) is 0 Å². The van der Waals surface area contributed by atoms with Gasteiger partial charge in [-0.15, -0.1) is 0 Å². The van der Waals surface area contributed by atoms with Crippen LogP contribution < -0.4 is 5.32 Å². The molecular weight excluding hydrogens is 228 g/mol. The molecule has 1 saturated heterocycles. The highest BCUT2D eigenvalue weighted by molar-refractivity contribution is 4.85. The molecule has 18 heavy (non-hydrogen) atoms. The monoisotopic (exact) mass is 258 g/mol. The Morgan fingerprint density at radius 2 is 2.06 bits per heavy atom. The van der Waals surface area contributed by atoms with Gasteiger partial charge in [-0.2, -0.15) is 0 Å². The Morgan fingerprint density at radius 3 is 2.72 bits per heavy atom. The molecule has 1 fully saturated rings. The van der Waals surface area contributed by atoms with Gasteiger partial charge < -0.3 is 14.8 Å². The predicted octanol–water partition coefficient (Wildman–Crippen LogP) is 1.36. The first-order chi connectivity index (χ1) is 8.65. The fourth-order valence-corrected chi connectivity index (χ4v) is 2.51. The van der Waals surface area contributed by atoms with E-state index in [2.05, 4.69) is 31.0 Å². The van der Waals surface area contributed by atoms with Crippen molar-refractivity contribution < 1.29 is 9.47 Å². The SMILES string of the molecule is COCCCOCCN1CC(C)NCC1C(C)C. The van der Waals surface area contributed by atoms with Crippen molar-refractivity contribution in [3.05, 3.63) is 0 Å². The molecule has 0 aliphatic carbocycles. The van der Waals surface area contributed by atoms with Crippen molar-refractivity contribution in [1.29, 1.82) is 0 Å². The minimum atomic E-state index is 0.591. The zero-order valence-electron chi connectivity index (χ0n) is 12.4. The van der Waals surface area contributed by atoms with Crippen LogP contribution in [0.3, 0.4) is 0 Å². The van der Waals surface area contributed by atoms with Gasteiger partial charge in [-0.25, -0.2) is 0 Å². The zero-order valence-corrected chi connectivity index (χ0v) is 12.4. The lowest BCUT2D eigenvalue weighted by Crippen LogP contribution is -2.57. The summed E-state index contributed by atoms with van der Waals surface area (Å²) in [6.07, 6.45) is 0.988. The second-order valence-electron chi connectivity index (χ2n) is 5.57. The summed E-state index contributed by atoms with van der Waals surface area (Å²) in [6.45, 7) is 12.6. The van der Waals surface area contributed by atoms with Crippen molar-refractivity contribution in [2.75, 3.05) is 46.6 Å². The summed E-state index contributed by atoms with van der Waals surface area (Å²) in [4.78, 5) is 2.57. The van der Waals surface area contributed by atoms with Crippen LogP contribution in [0.1, 0.15) is 27.2 Å². The molecule has 1 aliphatic heterocycles. The first kappa shape index (κ1) is 15.9. The van der Waals surface area contributed by atoms with Crippen molar-refractivity contribution in [1.82, 2.24) is 10.2 Å². The predicted molar refractivity (Wildman–Crippen MR) is 75.0 cm³/mol. The van der Waals surface area contributed by atoms with E-state index in [1.54, 1.807) is 7.11 Å². The van der Waals surface area contributed by atoms with Gasteiger partial charge in [-0.1, -0.05) is 13.8 Å². The number of methoxy groups -OCH3 is 1. The molecule has 4 nitrogen and oxygen atoms in total.